The van der Waals surface area contributed by atoms with Gasteiger partial charge in [0.15, 0.2) is 0 Å². The van der Waals surface area contributed by atoms with Gasteiger partial charge >= 0.3 is 0 Å². The maximum Gasteiger partial charge on any atom is 0.123 e. The number of hydrogen-bond donors (Lipinski definition) is 1. The molecule has 0 amide bonds. The van der Waals surface area contributed by atoms with Crippen LogP contribution in [0, 0.1) is 5.82 Å². The average molecular weight is 286 g/mol. The quantitative estimate of drug-likeness (QED) is 0.556. The summed E-state index contributed by atoms with van der Waals surface area (Å²) < 4.78 is 18.3. The van der Waals surface area contributed by atoms with Crippen molar-refractivity contribution in [2.45, 2.75) is 11.4 Å². The van der Waals surface area contributed by atoms with Gasteiger partial charge in [0.25, 0.3) is 0 Å². The first kappa shape index (κ1) is 16.4. The molecule has 0 radical (unpaired) electrons. The topological polar surface area (TPSA) is 24.5 Å². The minimum atomic E-state index is -0.180. The predicted molar refractivity (Wildman–Crippen MR) is 79.3 cm³/mol. The minimum Gasteiger partial charge on any atom is -0.383 e. The van der Waals surface area contributed by atoms with Gasteiger partial charge in [0.2, 0.25) is 0 Å². The second kappa shape index (κ2) is 9.31. The average Bonchev–Trinajstić information content (AvgIpc) is 2.36. The van der Waals surface area contributed by atoms with Crippen LogP contribution in [0.25, 0.3) is 0 Å². The highest BCUT2D eigenvalue weighted by Gasteiger charge is 2.05. The molecule has 0 aliphatic carbocycles. The third-order valence-corrected chi connectivity index (χ3v) is 3.71. The molecule has 0 spiro atoms. The van der Waals surface area contributed by atoms with E-state index in [1.807, 2.05) is 6.07 Å². The highest BCUT2D eigenvalue weighted by Crippen LogP contribution is 2.23. The van der Waals surface area contributed by atoms with Crippen molar-refractivity contribution < 1.29 is 9.13 Å². The van der Waals surface area contributed by atoms with E-state index in [1.54, 1.807) is 24.9 Å². The summed E-state index contributed by atoms with van der Waals surface area (Å²) in [5.74, 6) is 0.824. The van der Waals surface area contributed by atoms with Gasteiger partial charge in [-0.3, -0.25) is 0 Å². The molecular weight excluding hydrogens is 263 g/mol. The molecule has 0 aliphatic rings. The lowest BCUT2D eigenvalue weighted by Crippen LogP contribution is -2.19. The summed E-state index contributed by atoms with van der Waals surface area (Å²) in [6.07, 6.45) is 0. The standard InChI is InChI=1S/C14H23FN2OS/c1-17(2)7-9-19-14-5-4-13(15)10-12(14)11-16-6-8-18-3/h4-5,10,16H,6-9,11H2,1-3H3. The van der Waals surface area contributed by atoms with Crippen LogP contribution >= 0.6 is 11.8 Å². The molecule has 5 heteroatoms. The second-order valence-electron chi connectivity index (χ2n) is 4.57. The molecule has 0 aromatic heterocycles. The van der Waals surface area contributed by atoms with Crippen molar-refractivity contribution in [3.63, 3.8) is 0 Å². The van der Waals surface area contributed by atoms with E-state index < -0.39 is 0 Å². The Morgan fingerprint density at radius 2 is 2.16 bits per heavy atom. The van der Waals surface area contributed by atoms with Gasteiger partial charge in [-0.15, -0.1) is 11.8 Å². The van der Waals surface area contributed by atoms with Crippen LogP contribution in [0.2, 0.25) is 0 Å². The Morgan fingerprint density at radius 3 is 2.84 bits per heavy atom. The normalized spacial score (nSPS) is 11.2. The molecule has 108 valence electrons. The number of nitrogens with one attached hydrogen (secondary N) is 1. The highest BCUT2D eigenvalue weighted by atomic mass is 32.2. The molecule has 0 unspecified atom stereocenters. The smallest absolute Gasteiger partial charge is 0.123 e. The van der Waals surface area contributed by atoms with E-state index in [-0.39, 0.29) is 5.82 Å². The number of halogens is 1. The fourth-order valence-electron chi connectivity index (χ4n) is 1.56. The van der Waals surface area contributed by atoms with E-state index >= 15 is 0 Å². The third-order valence-electron chi connectivity index (χ3n) is 2.62. The van der Waals surface area contributed by atoms with E-state index in [9.17, 15) is 4.39 Å². The number of ether oxygens (including phenoxy) is 1. The Balaban J connectivity index is 2.53. The molecule has 1 N–H and O–H groups in total. The van der Waals surface area contributed by atoms with Crippen LogP contribution in [0.1, 0.15) is 5.56 Å². The molecule has 3 nitrogen and oxygen atoms in total. The Morgan fingerprint density at radius 1 is 1.37 bits per heavy atom. The zero-order chi connectivity index (χ0) is 14.1. The molecule has 0 atom stereocenters. The first-order valence-corrected chi connectivity index (χ1v) is 7.37. The van der Waals surface area contributed by atoms with Crippen LogP contribution in [0.5, 0.6) is 0 Å². The van der Waals surface area contributed by atoms with Crippen LogP contribution in [0.3, 0.4) is 0 Å². The lowest BCUT2D eigenvalue weighted by molar-refractivity contribution is 0.199. The summed E-state index contributed by atoms with van der Waals surface area (Å²) in [7, 11) is 5.78. The first-order chi connectivity index (χ1) is 9.13. The molecule has 0 heterocycles. The van der Waals surface area contributed by atoms with E-state index in [0.29, 0.717) is 13.2 Å². The maximum absolute atomic E-state index is 13.3. The van der Waals surface area contributed by atoms with Gasteiger partial charge < -0.3 is 15.0 Å². The van der Waals surface area contributed by atoms with Gasteiger partial charge in [0.05, 0.1) is 6.61 Å². The van der Waals surface area contributed by atoms with Crippen molar-refractivity contribution in [3.8, 4) is 0 Å². The Hall–Kier alpha value is -0.620. The van der Waals surface area contributed by atoms with Crippen molar-refractivity contribution in [1.29, 1.82) is 0 Å². The molecule has 19 heavy (non-hydrogen) atoms. The van der Waals surface area contributed by atoms with Crippen molar-refractivity contribution >= 4 is 11.8 Å². The molecule has 0 saturated heterocycles. The number of nitrogens with zero attached hydrogens (tertiary/aromatic N) is 1. The van der Waals surface area contributed by atoms with Crippen molar-refractivity contribution in [3.05, 3.63) is 29.6 Å². The molecule has 0 bridgehead atoms. The van der Waals surface area contributed by atoms with Crippen molar-refractivity contribution in [2.75, 3.05) is 46.7 Å². The minimum absolute atomic E-state index is 0.180. The molecule has 0 saturated carbocycles. The fourth-order valence-corrected chi connectivity index (χ4v) is 2.72. The number of hydrogen-bond acceptors (Lipinski definition) is 4. The Bertz CT molecular complexity index is 374. The molecular formula is C14H23FN2OS. The summed E-state index contributed by atoms with van der Waals surface area (Å²) in [6, 6.07) is 5.00. The fraction of sp³-hybridized carbons (Fsp3) is 0.571. The predicted octanol–water partition coefficient (Wildman–Crippen LogP) is 2.22. The van der Waals surface area contributed by atoms with Gasteiger partial charge in [-0.05, 0) is 37.9 Å². The van der Waals surface area contributed by atoms with Gasteiger partial charge in [-0.25, -0.2) is 4.39 Å². The SMILES string of the molecule is COCCNCc1cc(F)ccc1SCCN(C)C. The van der Waals surface area contributed by atoms with E-state index in [4.69, 9.17) is 4.74 Å². The van der Waals surface area contributed by atoms with Crippen LogP contribution in [0.4, 0.5) is 4.39 Å². The van der Waals surface area contributed by atoms with Crippen molar-refractivity contribution in [1.82, 2.24) is 10.2 Å². The van der Waals surface area contributed by atoms with Gasteiger partial charge in [-0.2, -0.15) is 0 Å². The third kappa shape index (κ3) is 6.92. The van der Waals surface area contributed by atoms with Crippen LogP contribution < -0.4 is 5.32 Å². The zero-order valence-corrected chi connectivity index (χ0v) is 12.7. The number of thioether (sulfide) groups is 1. The summed E-state index contributed by atoms with van der Waals surface area (Å²) in [6.45, 7) is 3.12. The van der Waals surface area contributed by atoms with Crippen LogP contribution in [0.15, 0.2) is 23.1 Å². The summed E-state index contributed by atoms with van der Waals surface area (Å²) in [5.41, 5.74) is 1.01. The Kier molecular flexibility index (Phi) is 8.05. The lowest BCUT2D eigenvalue weighted by Gasteiger charge is -2.12. The largest absolute Gasteiger partial charge is 0.383 e. The first-order valence-electron chi connectivity index (χ1n) is 6.39. The van der Waals surface area contributed by atoms with Gasteiger partial charge in [-0.1, -0.05) is 0 Å². The van der Waals surface area contributed by atoms with Gasteiger partial charge in [0.1, 0.15) is 5.82 Å². The maximum atomic E-state index is 13.3. The highest BCUT2D eigenvalue weighted by molar-refractivity contribution is 7.99. The van der Waals surface area contributed by atoms with E-state index in [0.717, 1.165) is 29.3 Å². The lowest BCUT2D eigenvalue weighted by atomic mass is 10.2. The molecule has 0 fully saturated rings. The monoisotopic (exact) mass is 286 g/mol. The van der Waals surface area contributed by atoms with Crippen LogP contribution in [-0.4, -0.2) is 51.6 Å². The van der Waals surface area contributed by atoms with E-state index in [2.05, 4.69) is 24.3 Å². The summed E-state index contributed by atoms with van der Waals surface area (Å²) >= 11 is 1.77. The molecule has 1 rings (SSSR count). The number of benzene rings is 1. The van der Waals surface area contributed by atoms with Gasteiger partial charge in [0, 0.05) is 37.4 Å². The summed E-state index contributed by atoms with van der Waals surface area (Å²) in [4.78, 5) is 3.29. The van der Waals surface area contributed by atoms with E-state index in [1.165, 1.54) is 6.07 Å². The molecule has 1 aromatic carbocycles. The number of methoxy groups -OCH3 is 1. The van der Waals surface area contributed by atoms with Crippen LogP contribution in [-0.2, 0) is 11.3 Å². The zero-order valence-electron chi connectivity index (χ0n) is 11.9. The Labute approximate surface area is 119 Å². The second-order valence-corrected chi connectivity index (χ2v) is 5.71. The molecule has 1 aromatic rings. The summed E-state index contributed by atoms with van der Waals surface area (Å²) in [5, 5.41) is 3.25. The number of rotatable bonds is 9. The van der Waals surface area contributed by atoms with Crippen molar-refractivity contribution in [2.24, 2.45) is 0 Å². The molecule has 0 aliphatic heterocycles.